The number of piperidine rings is 1. The minimum Gasteiger partial charge on any atom is -0.508 e. The molecule has 2 rings (SSSR count). The molecule has 1 aliphatic rings. The van der Waals surface area contributed by atoms with Gasteiger partial charge in [-0.05, 0) is 32.0 Å². The lowest BCUT2D eigenvalue weighted by Crippen LogP contribution is -2.45. The number of hydrogen-bond acceptors (Lipinski definition) is 4. The van der Waals surface area contributed by atoms with E-state index in [4.69, 9.17) is 0 Å². The highest BCUT2D eigenvalue weighted by molar-refractivity contribution is 5.38. The lowest BCUT2D eigenvalue weighted by molar-refractivity contribution is 0.198. The van der Waals surface area contributed by atoms with E-state index in [1.54, 1.807) is 12.1 Å². The number of nitrogens with zero attached hydrogens (tertiary/aromatic N) is 1. The van der Waals surface area contributed by atoms with Crippen molar-refractivity contribution in [2.45, 2.75) is 32.4 Å². The molecule has 1 fully saturated rings. The zero-order chi connectivity index (χ0) is 13.0. The van der Waals surface area contributed by atoms with E-state index >= 15 is 0 Å². The van der Waals surface area contributed by atoms with E-state index in [1.807, 2.05) is 0 Å². The Bertz CT molecular complexity index is 395. The molecule has 0 saturated carbocycles. The average Bonchev–Trinajstić information content (AvgIpc) is 2.38. The molecule has 18 heavy (non-hydrogen) atoms. The number of phenolic OH excluding ortho intramolecular Hbond substituents is 2. The summed E-state index contributed by atoms with van der Waals surface area (Å²) in [5.74, 6) is 0.261. The molecular weight excluding hydrogens is 228 g/mol. The van der Waals surface area contributed by atoms with Gasteiger partial charge in [0.2, 0.25) is 0 Å². The van der Waals surface area contributed by atoms with Crippen molar-refractivity contribution in [3.8, 4) is 11.5 Å². The molecular formula is C14H22N2O2. The fraction of sp³-hybridized carbons (Fsp3) is 0.571. The summed E-state index contributed by atoms with van der Waals surface area (Å²) >= 11 is 0. The highest BCUT2D eigenvalue weighted by atomic mass is 16.3. The van der Waals surface area contributed by atoms with Crippen molar-refractivity contribution in [1.82, 2.24) is 10.2 Å². The fourth-order valence-electron chi connectivity index (χ4n) is 2.47. The summed E-state index contributed by atoms with van der Waals surface area (Å²) in [6.45, 7) is 6.21. The van der Waals surface area contributed by atoms with Crippen LogP contribution >= 0.6 is 0 Å². The predicted molar refractivity (Wildman–Crippen MR) is 71.7 cm³/mol. The van der Waals surface area contributed by atoms with Crippen LogP contribution in [0.5, 0.6) is 11.5 Å². The lowest BCUT2D eigenvalue weighted by Gasteiger charge is -2.32. The van der Waals surface area contributed by atoms with Gasteiger partial charge in [-0.2, -0.15) is 0 Å². The molecule has 3 N–H and O–H groups in total. The van der Waals surface area contributed by atoms with Gasteiger partial charge in [0, 0.05) is 30.8 Å². The largest absolute Gasteiger partial charge is 0.508 e. The van der Waals surface area contributed by atoms with Gasteiger partial charge in [0.25, 0.3) is 0 Å². The van der Waals surface area contributed by atoms with Gasteiger partial charge in [-0.1, -0.05) is 13.0 Å². The third-order valence-electron chi connectivity index (χ3n) is 3.60. The number of aromatic hydroxyl groups is 2. The van der Waals surface area contributed by atoms with Crippen molar-refractivity contribution in [1.29, 1.82) is 0 Å². The number of likely N-dealkylation sites (N-methyl/N-ethyl adjacent to an activating group) is 1. The first kappa shape index (κ1) is 13.2. The maximum atomic E-state index is 9.71. The second-order valence-electron chi connectivity index (χ2n) is 4.93. The molecule has 1 aliphatic heterocycles. The Balaban J connectivity index is 1.87. The lowest BCUT2D eigenvalue weighted by atomic mass is 10.1. The van der Waals surface area contributed by atoms with Crippen LogP contribution in [0.25, 0.3) is 0 Å². The Morgan fingerprint density at radius 3 is 2.94 bits per heavy atom. The highest BCUT2D eigenvalue weighted by Gasteiger charge is 2.18. The molecule has 1 atom stereocenters. The van der Waals surface area contributed by atoms with Gasteiger partial charge >= 0.3 is 0 Å². The molecule has 1 saturated heterocycles. The molecule has 0 aliphatic carbocycles. The molecule has 1 unspecified atom stereocenters. The van der Waals surface area contributed by atoms with Gasteiger partial charge in [-0.25, -0.2) is 0 Å². The van der Waals surface area contributed by atoms with Gasteiger partial charge < -0.3 is 20.4 Å². The highest BCUT2D eigenvalue weighted by Crippen LogP contribution is 2.22. The number of benzene rings is 1. The van der Waals surface area contributed by atoms with Crippen molar-refractivity contribution < 1.29 is 10.2 Å². The Hall–Kier alpha value is -1.26. The number of nitrogens with one attached hydrogen (secondary N) is 1. The van der Waals surface area contributed by atoms with Crippen LogP contribution in [-0.4, -0.2) is 40.8 Å². The Morgan fingerprint density at radius 1 is 1.39 bits per heavy atom. The van der Waals surface area contributed by atoms with Crippen LogP contribution in [0.1, 0.15) is 25.3 Å². The monoisotopic (exact) mass is 250 g/mol. The van der Waals surface area contributed by atoms with Crippen LogP contribution in [0, 0.1) is 0 Å². The number of likely N-dealkylation sites (tertiary alicyclic amines) is 1. The third kappa shape index (κ3) is 3.37. The van der Waals surface area contributed by atoms with Gasteiger partial charge in [0.1, 0.15) is 11.5 Å². The van der Waals surface area contributed by atoms with Crippen LogP contribution < -0.4 is 5.32 Å². The first-order chi connectivity index (χ1) is 8.69. The maximum Gasteiger partial charge on any atom is 0.123 e. The minimum atomic E-state index is 0.103. The summed E-state index contributed by atoms with van der Waals surface area (Å²) in [5, 5.41) is 22.4. The average molecular weight is 250 g/mol. The molecule has 0 bridgehead atoms. The molecule has 1 aromatic carbocycles. The Labute approximate surface area is 108 Å². The molecule has 4 nitrogen and oxygen atoms in total. The molecule has 100 valence electrons. The van der Waals surface area contributed by atoms with E-state index in [0.29, 0.717) is 12.6 Å². The first-order valence-corrected chi connectivity index (χ1v) is 6.65. The molecule has 0 amide bonds. The molecule has 0 radical (unpaired) electrons. The Morgan fingerprint density at radius 2 is 2.22 bits per heavy atom. The van der Waals surface area contributed by atoms with Gasteiger partial charge in [-0.3, -0.25) is 0 Å². The zero-order valence-corrected chi connectivity index (χ0v) is 10.9. The predicted octanol–water partition coefficient (Wildman–Crippen LogP) is 1.67. The molecule has 4 heteroatoms. The second kappa shape index (κ2) is 6.07. The van der Waals surface area contributed by atoms with Crippen molar-refractivity contribution >= 4 is 0 Å². The van der Waals surface area contributed by atoms with Crippen LogP contribution in [-0.2, 0) is 6.54 Å². The Kier molecular flexibility index (Phi) is 4.44. The normalized spacial score (nSPS) is 21.1. The summed E-state index contributed by atoms with van der Waals surface area (Å²) in [5.41, 5.74) is 0.835. The number of phenols is 2. The van der Waals surface area contributed by atoms with E-state index in [-0.39, 0.29) is 11.5 Å². The number of rotatable bonds is 4. The standard InChI is InChI=1S/C14H22N2O2/c1-2-16-7-3-4-12(10-16)15-9-11-5-6-13(17)8-14(11)18/h5-6,8,12,15,17-18H,2-4,7,9-10H2,1H3. The van der Waals surface area contributed by atoms with Crippen LogP contribution in [0.4, 0.5) is 0 Å². The third-order valence-corrected chi connectivity index (χ3v) is 3.60. The SMILES string of the molecule is CCN1CCCC(NCc2ccc(O)cc2O)C1. The summed E-state index contributed by atoms with van der Waals surface area (Å²) < 4.78 is 0. The minimum absolute atomic E-state index is 0.103. The summed E-state index contributed by atoms with van der Waals surface area (Å²) in [6, 6.07) is 5.25. The zero-order valence-electron chi connectivity index (χ0n) is 10.9. The van der Waals surface area contributed by atoms with E-state index in [2.05, 4.69) is 17.1 Å². The quantitative estimate of drug-likeness (QED) is 0.761. The van der Waals surface area contributed by atoms with Crippen molar-refractivity contribution in [2.75, 3.05) is 19.6 Å². The van der Waals surface area contributed by atoms with Crippen molar-refractivity contribution in [3.63, 3.8) is 0 Å². The van der Waals surface area contributed by atoms with Crippen molar-refractivity contribution in [3.05, 3.63) is 23.8 Å². The van der Waals surface area contributed by atoms with E-state index < -0.39 is 0 Å². The number of hydrogen-bond donors (Lipinski definition) is 3. The molecule has 0 spiro atoms. The van der Waals surface area contributed by atoms with Gasteiger partial charge in [0.05, 0.1) is 0 Å². The first-order valence-electron chi connectivity index (χ1n) is 6.65. The van der Waals surface area contributed by atoms with Crippen LogP contribution in [0.3, 0.4) is 0 Å². The van der Waals surface area contributed by atoms with Crippen LogP contribution in [0.2, 0.25) is 0 Å². The van der Waals surface area contributed by atoms with E-state index in [0.717, 1.165) is 18.7 Å². The van der Waals surface area contributed by atoms with Gasteiger partial charge in [0.15, 0.2) is 0 Å². The summed E-state index contributed by atoms with van der Waals surface area (Å²) in [7, 11) is 0. The van der Waals surface area contributed by atoms with Gasteiger partial charge in [-0.15, -0.1) is 0 Å². The summed E-state index contributed by atoms with van der Waals surface area (Å²) in [4.78, 5) is 2.44. The molecule has 1 heterocycles. The van der Waals surface area contributed by atoms with E-state index in [1.165, 1.54) is 25.5 Å². The second-order valence-corrected chi connectivity index (χ2v) is 4.93. The maximum absolute atomic E-state index is 9.71. The molecule has 1 aromatic rings. The van der Waals surface area contributed by atoms with Crippen LogP contribution in [0.15, 0.2) is 18.2 Å². The summed E-state index contributed by atoms with van der Waals surface area (Å²) in [6.07, 6.45) is 2.42. The molecule has 0 aromatic heterocycles. The fourth-order valence-corrected chi connectivity index (χ4v) is 2.47. The van der Waals surface area contributed by atoms with E-state index in [9.17, 15) is 10.2 Å². The van der Waals surface area contributed by atoms with Crippen molar-refractivity contribution in [2.24, 2.45) is 0 Å². The topological polar surface area (TPSA) is 55.7 Å². The smallest absolute Gasteiger partial charge is 0.123 e.